The highest BCUT2D eigenvalue weighted by Crippen LogP contribution is 2.24. The Kier molecular flexibility index (Phi) is 4.81. The molecule has 0 radical (unpaired) electrons. The zero-order valence-corrected chi connectivity index (χ0v) is 13.2. The van der Waals surface area contributed by atoms with E-state index in [0.717, 1.165) is 22.5 Å². The van der Waals surface area contributed by atoms with Gasteiger partial charge in [0.25, 0.3) is 0 Å². The van der Waals surface area contributed by atoms with E-state index in [2.05, 4.69) is 5.32 Å². The molecular formula is C18H18ClNO. The minimum atomic E-state index is -0.0243. The molecule has 2 rings (SSSR count). The topological polar surface area (TPSA) is 29.1 Å². The van der Waals surface area contributed by atoms with E-state index in [1.54, 1.807) is 6.08 Å². The number of benzene rings is 2. The molecule has 0 fully saturated rings. The minimum absolute atomic E-state index is 0.0243. The molecule has 2 aromatic rings. The summed E-state index contributed by atoms with van der Waals surface area (Å²) in [6.07, 6.45) is 1.59. The molecule has 0 bridgehead atoms. The van der Waals surface area contributed by atoms with E-state index in [0.29, 0.717) is 10.6 Å². The van der Waals surface area contributed by atoms with Crippen LogP contribution in [0.15, 0.2) is 54.2 Å². The van der Waals surface area contributed by atoms with Gasteiger partial charge in [-0.15, -0.1) is 0 Å². The molecule has 0 atom stereocenters. The first-order valence-corrected chi connectivity index (χ1v) is 7.16. The first-order chi connectivity index (χ1) is 9.95. The number of hydrogen-bond acceptors (Lipinski definition) is 2. The largest absolute Gasteiger partial charge is 0.358 e. The van der Waals surface area contributed by atoms with Crippen LogP contribution in [0.25, 0.3) is 0 Å². The van der Waals surface area contributed by atoms with Crippen molar-refractivity contribution in [3.8, 4) is 0 Å². The summed E-state index contributed by atoms with van der Waals surface area (Å²) in [7, 11) is 0. The van der Waals surface area contributed by atoms with E-state index in [1.807, 2.05) is 63.2 Å². The van der Waals surface area contributed by atoms with Crippen LogP contribution in [0.4, 0.5) is 5.69 Å². The van der Waals surface area contributed by atoms with Crippen LogP contribution >= 0.6 is 11.6 Å². The number of anilines is 1. The van der Waals surface area contributed by atoms with E-state index in [1.165, 1.54) is 0 Å². The SMILES string of the molecule is C/C(=C/C(=O)c1ccc(C)cc1)Nc1cc(C)ccc1Cl. The second-order valence-electron chi connectivity index (χ2n) is 5.17. The molecular weight excluding hydrogens is 282 g/mol. The normalized spacial score (nSPS) is 11.3. The average molecular weight is 300 g/mol. The Morgan fingerprint density at radius 2 is 1.67 bits per heavy atom. The lowest BCUT2D eigenvalue weighted by Crippen LogP contribution is -2.02. The molecule has 108 valence electrons. The van der Waals surface area contributed by atoms with E-state index in [4.69, 9.17) is 11.6 Å². The third-order valence-corrected chi connectivity index (χ3v) is 3.47. The van der Waals surface area contributed by atoms with E-state index in [9.17, 15) is 4.79 Å². The van der Waals surface area contributed by atoms with Crippen molar-refractivity contribution in [1.82, 2.24) is 0 Å². The summed E-state index contributed by atoms with van der Waals surface area (Å²) in [4.78, 5) is 12.2. The molecule has 2 nitrogen and oxygen atoms in total. The van der Waals surface area contributed by atoms with Gasteiger partial charge >= 0.3 is 0 Å². The van der Waals surface area contributed by atoms with E-state index in [-0.39, 0.29) is 5.78 Å². The predicted molar refractivity (Wildman–Crippen MR) is 89.1 cm³/mol. The lowest BCUT2D eigenvalue weighted by atomic mass is 10.1. The Morgan fingerprint density at radius 3 is 2.33 bits per heavy atom. The number of allylic oxidation sites excluding steroid dienone is 2. The number of hydrogen-bond donors (Lipinski definition) is 1. The number of rotatable bonds is 4. The molecule has 0 spiro atoms. The fraction of sp³-hybridized carbons (Fsp3) is 0.167. The lowest BCUT2D eigenvalue weighted by Gasteiger charge is -2.09. The van der Waals surface area contributed by atoms with Crippen LogP contribution < -0.4 is 5.32 Å². The maximum atomic E-state index is 12.2. The van der Waals surface area contributed by atoms with Crippen LogP contribution in [0.3, 0.4) is 0 Å². The van der Waals surface area contributed by atoms with Crippen LogP contribution in [0.2, 0.25) is 5.02 Å². The standard InChI is InChI=1S/C18H18ClNO/c1-12-4-7-15(8-5-12)18(21)11-14(3)20-17-10-13(2)6-9-16(17)19/h4-11,20H,1-3H3/b14-11-. The summed E-state index contributed by atoms with van der Waals surface area (Å²) < 4.78 is 0. The van der Waals surface area contributed by atoms with Crippen molar-refractivity contribution < 1.29 is 4.79 Å². The third kappa shape index (κ3) is 4.20. The number of carbonyl (C=O) groups is 1. The Bertz CT molecular complexity index is 687. The highest BCUT2D eigenvalue weighted by molar-refractivity contribution is 6.33. The highest BCUT2D eigenvalue weighted by atomic mass is 35.5. The summed E-state index contributed by atoms with van der Waals surface area (Å²) in [6, 6.07) is 13.3. The third-order valence-electron chi connectivity index (χ3n) is 3.14. The van der Waals surface area contributed by atoms with Gasteiger partial charge in [0.2, 0.25) is 0 Å². The molecule has 0 aliphatic rings. The van der Waals surface area contributed by atoms with Gasteiger partial charge in [-0.05, 0) is 38.5 Å². The number of carbonyl (C=O) groups excluding carboxylic acids is 1. The van der Waals surface area contributed by atoms with E-state index < -0.39 is 0 Å². The molecule has 0 heterocycles. The van der Waals surface area contributed by atoms with Crippen molar-refractivity contribution in [3.05, 3.63) is 76.0 Å². The molecule has 21 heavy (non-hydrogen) atoms. The molecule has 3 heteroatoms. The van der Waals surface area contributed by atoms with Gasteiger partial charge in [0, 0.05) is 17.3 Å². The smallest absolute Gasteiger partial charge is 0.187 e. The van der Waals surface area contributed by atoms with Crippen molar-refractivity contribution in [3.63, 3.8) is 0 Å². The van der Waals surface area contributed by atoms with Gasteiger partial charge < -0.3 is 5.32 Å². The molecule has 0 unspecified atom stereocenters. The fourth-order valence-electron chi connectivity index (χ4n) is 1.98. The highest BCUT2D eigenvalue weighted by Gasteiger charge is 2.05. The molecule has 0 aromatic heterocycles. The summed E-state index contributed by atoms with van der Waals surface area (Å²) in [6.45, 7) is 5.85. The molecule has 2 aromatic carbocycles. The minimum Gasteiger partial charge on any atom is -0.358 e. The number of ketones is 1. The lowest BCUT2D eigenvalue weighted by molar-refractivity contribution is 0.104. The number of halogens is 1. The Balaban J connectivity index is 2.15. The van der Waals surface area contributed by atoms with Crippen molar-refractivity contribution in [2.24, 2.45) is 0 Å². The van der Waals surface area contributed by atoms with E-state index >= 15 is 0 Å². The Hall–Kier alpha value is -2.06. The Labute approximate surface area is 130 Å². The van der Waals surface area contributed by atoms with Gasteiger partial charge in [-0.2, -0.15) is 0 Å². The van der Waals surface area contributed by atoms with Crippen molar-refractivity contribution in [2.75, 3.05) is 5.32 Å². The predicted octanol–water partition coefficient (Wildman–Crippen LogP) is 5.16. The van der Waals surface area contributed by atoms with Gasteiger partial charge in [0.15, 0.2) is 5.78 Å². The molecule has 0 amide bonds. The first-order valence-electron chi connectivity index (χ1n) is 6.78. The van der Waals surface area contributed by atoms with Gasteiger partial charge in [0.1, 0.15) is 0 Å². The van der Waals surface area contributed by atoms with Crippen molar-refractivity contribution in [1.29, 1.82) is 0 Å². The van der Waals surface area contributed by atoms with Crippen LogP contribution in [0.1, 0.15) is 28.4 Å². The van der Waals surface area contributed by atoms with Crippen molar-refractivity contribution >= 4 is 23.1 Å². The zero-order valence-electron chi connectivity index (χ0n) is 12.4. The maximum absolute atomic E-state index is 12.2. The van der Waals surface area contributed by atoms with Crippen LogP contribution in [0, 0.1) is 13.8 Å². The molecule has 0 saturated carbocycles. The maximum Gasteiger partial charge on any atom is 0.187 e. The zero-order chi connectivity index (χ0) is 15.4. The molecule has 0 saturated heterocycles. The van der Waals surface area contributed by atoms with Crippen LogP contribution in [-0.2, 0) is 0 Å². The van der Waals surface area contributed by atoms with Crippen LogP contribution in [0.5, 0.6) is 0 Å². The van der Waals surface area contributed by atoms with Gasteiger partial charge in [-0.1, -0.05) is 47.5 Å². The van der Waals surface area contributed by atoms with Crippen molar-refractivity contribution in [2.45, 2.75) is 20.8 Å². The monoisotopic (exact) mass is 299 g/mol. The Morgan fingerprint density at radius 1 is 1.05 bits per heavy atom. The first kappa shape index (κ1) is 15.3. The summed E-state index contributed by atoms with van der Waals surface area (Å²) >= 11 is 6.14. The van der Waals surface area contributed by atoms with Gasteiger partial charge in [-0.3, -0.25) is 4.79 Å². The van der Waals surface area contributed by atoms with Gasteiger partial charge in [0.05, 0.1) is 10.7 Å². The van der Waals surface area contributed by atoms with Gasteiger partial charge in [-0.25, -0.2) is 0 Å². The summed E-state index contributed by atoms with van der Waals surface area (Å²) in [5.41, 5.74) is 4.49. The fourth-order valence-corrected chi connectivity index (χ4v) is 2.15. The second kappa shape index (κ2) is 6.59. The average Bonchev–Trinajstić information content (AvgIpc) is 2.43. The number of aryl methyl sites for hydroxylation is 2. The molecule has 0 aliphatic heterocycles. The van der Waals surface area contributed by atoms with Crippen LogP contribution in [-0.4, -0.2) is 5.78 Å². The molecule has 1 N–H and O–H groups in total. The second-order valence-corrected chi connectivity index (χ2v) is 5.57. The summed E-state index contributed by atoms with van der Waals surface area (Å²) in [5.74, 6) is -0.0243. The number of nitrogens with one attached hydrogen (secondary N) is 1. The quantitative estimate of drug-likeness (QED) is 0.624. The molecule has 0 aliphatic carbocycles. The summed E-state index contributed by atoms with van der Waals surface area (Å²) in [5, 5.41) is 3.81.